The van der Waals surface area contributed by atoms with Crippen molar-refractivity contribution in [3.63, 3.8) is 0 Å². The highest BCUT2D eigenvalue weighted by atomic mass is 16.4. The van der Waals surface area contributed by atoms with Gasteiger partial charge in [-0.05, 0) is 6.42 Å². The van der Waals surface area contributed by atoms with E-state index in [9.17, 15) is 9.59 Å². The number of nitrogens with one attached hydrogen (secondary N) is 1. The van der Waals surface area contributed by atoms with E-state index in [0.717, 1.165) is 0 Å². The van der Waals surface area contributed by atoms with Crippen LogP contribution in [0.25, 0.3) is 0 Å². The van der Waals surface area contributed by atoms with Gasteiger partial charge in [-0.2, -0.15) is 0 Å². The molecule has 0 spiro atoms. The summed E-state index contributed by atoms with van der Waals surface area (Å²) >= 11 is 0. The molecule has 82 valence electrons. The van der Waals surface area contributed by atoms with Crippen molar-refractivity contribution in [3.8, 4) is 0 Å². The molecule has 0 saturated heterocycles. The molecule has 1 aromatic rings. The van der Waals surface area contributed by atoms with Gasteiger partial charge in [0, 0.05) is 20.0 Å². The molecule has 7 heteroatoms. The summed E-state index contributed by atoms with van der Waals surface area (Å²) < 4.78 is 1.41. The van der Waals surface area contributed by atoms with Crippen molar-refractivity contribution in [2.75, 3.05) is 7.05 Å². The Balaban J connectivity index is 2.38. The zero-order chi connectivity index (χ0) is 11.3. The smallest absolute Gasteiger partial charge is 0.358 e. The number of aromatic nitrogens is 3. The Kier molecular flexibility index (Phi) is 3.78. The minimum atomic E-state index is -1.10. The highest BCUT2D eigenvalue weighted by Gasteiger charge is 2.07. The van der Waals surface area contributed by atoms with Crippen LogP contribution < -0.4 is 5.32 Å². The molecule has 0 aliphatic heterocycles. The molecular weight excluding hydrogens is 200 g/mol. The third-order valence-corrected chi connectivity index (χ3v) is 1.83. The predicted octanol–water partition coefficient (Wildman–Crippen LogP) is -0.498. The van der Waals surface area contributed by atoms with Crippen molar-refractivity contribution in [2.24, 2.45) is 0 Å². The van der Waals surface area contributed by atoms with Crippen molar-refractivity contribution in [1.29, 1.82) is 0 Å². The van der Waals surface area contributed by atoms with Crippen LogP contribution in [0.2, 0.25) is 0 Å². The van der Waals surface area contributed by atoms with Gasteiger partial charge in [-0.1, -0.05) is 5.21 Å². The average molecular weight is 212 g/mol. The van der Waals surface area contributed by atoms with E-state index in [0.29, 0.717) is 19.4 Å². The molecule has 0 saturated carbocycles. The van der Waals surface area contributed by atoms with Crippen LogP contribution in [-0.2, 0) is 11.3 Å². The number of carbonyl (C=O) groups is 2. The van der Waals surface area contributed by atoms with Gasteiger partial charge < -0.3 is 10.4 Å². The number of carbonyl (C=O) groups excluding carboxylic acids is 1. The summed E-state index contributed by atoms with van der Waals surface area (Å²) in [5.74, 6) is -1.15. The first-order valence-corrected chi connectivity index (χ1v) is 4.47. The number of hydrogen-bond acceptors (Lipinski definition) is 4. The molecule has 1 rings (SSSR count). The van der Waals surface area contributed by atoms with Gasteiger partial charge in [0.1, 0.15) is 0 Å². The van der Waals surface area contributed by atoms with Crippen LogP contribution in [0.3, 0.4) is 0 Å². The van der Waals surface area contributed by atoms with Crippen molar-refractivity contribution in [3.05, 3.63) is 11.9 Å². The van der Waals surface area contributed by atoms with Gasteiger partial charge in [0.25, 0.3) is 0 Å². The number of amides is 1. The second-order valence-corrected chi connectivity index (χ2v) is 2.95. The number of nitrogens with zero attached hydrogens (tertiary/aromatic N) is 3. The molecule has 1 heterocycles. The van der Waals surface area contributed by atoms with Gasteiger partial charge in [0.05, 0.1) is 6.20 Å². The van der Waals surface area contributed by atoms with E-state index in [1.54, 1.807) is 7.05 Å². The highest BCUT2D eigenvalue weighted by molar-refractivity contribution is 5.84. The summed E-state index contributed by atoms with van der Waals surface area (Å²) in [5, 5.41) is 18.1. The van der Waals surface area contributed by atoms with E-state index in [-0.39, 0.29) is 11.6 Å². The minimum Gasteiger partial charge on any atom is -0.476 e. The zero-order valence-corrected chi connectivity index (χ0v) is 8.30. The molecule has 0 bridgehead atoms. The molecule has 0 atom stereocenters. The van der Waals surface area contributed by atoms with E-state index in [4.69, 9.17) is 5.11 Å². The quantitative estimate of drug-likeness (QED) is 0.686. The molecule has 0 radical (unpaired) electrons. The molecule has 2 N–H and O–H groups in total. The Morgan fingerprint density at radius 3 is 2.87 bits per heavy atom. The molecule has 1 aromatic heterocycles. The Hall–Kier alpha value is -1.92. The molecule has 7 nitrogen and oxygen atoms in total. The third-order valence-electron chi connectivity index (χ3n) is 1.83. The Morgan fingerprint density at radius 2 is 2.33 bits per heavy atom. The lowest BCUT2D eigenvalue weighted by atomic mass is 10.3. The molecule has 0 aromatic carbocycles. The van der Waals surface area contributed by atoms with E-state index >= 15 is 0 Å². The molecule has 0 unspecified atom stereocenters. The van der Waals surface area contributed by atoms with Crippen LogP contribution in [0.5, 0.6) is 0 Å². The molecule has 15 heavy (non-hydrogen) atoms. The monoisotopic (exact) mass is 212 g/mol. The van der Waals surface area contributed by atoms with Crippen LogP contribution in [0.15, 0.2) is 6.20 Å². The van der Waals surface area contributed by atoms with E-state index < -0.39 is 5.97 Å². The van der Waals surface area contributed by atoms with Gasteiger partial charge in [0.15, 0.2) is 5.69 Å². The summed E-state index contributed by atoms with van der Waals surface area (Å²) in [6, 6.07) is 0. The lowest BCUT2D eigenvalue weighted by Gasteiger charge is -1.99. The number of aryl methyl sites for hydroxylation is 1. The standard InChI is InChI=1S/C8H12N4O3/c1-9-7(13)3-2-4-12-5-6(8(14)15)10-11-12/h5H,2-4H2,1H3,(H,9,13)(H,14,15). The van der Waals surface area contributed by atoms with E-state index in [2.05, 4.69) is 15.6 Å². The second kappa shape index (κ2) is 5.08. The lowest BCUT2D eigenvalue weighted by Crippen LogP contribution is -2.17. The number of hydrogen-bond donors (Lipinski definition) is 2. The van der Waals surface area contributed by atoms with Crippen LogP contribution in [0.4, 0.5) is 0 Å². The second-order valence-electron chi connectivity index (χ2n) is 2.95. The Bertz CT molecular complexity index is 361. The molecule has 0 aliphatic rings. The summed E-state index contributed by atoms with van der Waals surface area (Å²) in [5.41, 5.74) is -0.0880. The Labute approximate surface area is 86.1 Å². The van der Waals surface area contributed by atoms with E-state index in [1.165, 1.54) is 10.9 Å². The third kappa shape index (κ3) is 3.37. The molecule has 0 fully saturated rings. The Morgan fingerprint density at radius 1 is 1.60 bits per heavy atom. The first-order chi connectivity index (χ1) is 7.13. The lowest BCUT2D eigenvalue weighted by molar-refractivity contribution is -0.120. The van der Waals surface area contributed by atoms with Gasteiger partial charge in [0.2, 0.25) is 5.91 Å². The summed E-state index contributed by atoms with van der Waals surface area (Å²) in [7, 11) is 1.57. The van der Waals surface area contributed by atoms with Crippen LogP contribution in [0.1, 0.15) is 23.3 Å². The highest BCUT2D eigenvalue weighted by Crippen LogP contribution is 1.96. The topological polar surface area (TPSA) is 97.1 Å². The largest absolute Gasteiger partial charge is 0.476 e. The fourth-order valence-electron chi connectivity index (χ4n) is 1.03. The first-order valence-electron chi connectivity index (χ1n) is 4.47. The molecule has 1 amide bonds. The van der Waals surface area contributed by atoms with Gasteiger partial charge >= 0.3 is 5.97 Å². The SMILES string of the molecule is CNC(=O)CCCn1cc(C(=O)O)nn1. The number of carboxylic acid groups (broad SMARTS) is 1. The van der Waals surface area contributed by atoms with Crippen LogP contribution >= 0.6 is 0 Å². The zero-order valence-electron chi connectivity index (χ0n) is 8.30. The van der Waals surface area contributed by atoms with Crippen molar-refractivity contribution >= 4 is 11.9 Å². The summed E-state index contributed by atoms with van der Waals surface area (Å²) in [6.45, 7) is 0.480. The van der Waals surface area contributed by atoms with Crippen molar-refractivity contribution < 1.29 is 14.7 Å². The maximum Gasteiger partial charge on any atom is 0.358 e. The normalized spacial score (nSPS) is 9.93. The van der Waals surface area contributed by atoms with Crippen molar-refractivity contribution in [1.82, 2.24) is 20.3 Å². The first kappa shape index (κ1) is 11.2. The van der Waals surface area contributed by atoms with Gasteiger partial charge in [-0.25, -0.2) is 4.79 Å². The molecule has 0 aliphatic carbocycles. The van der Waals surface area contributed by atoms with Crippen molar-refractivity contribution in [2.45, 2.75) is 19.4 Å². The summed E-state index contributed by atoms with van der Waals surface area (Å²) in [6.07, 6.45) is 2.33. The number of rotatable bonds is 5. The molecular formula is C8H12N4O3. The summed E-state index contributed by atoms with van der Waals surface area (Å²) in [4.78, 5) is 21.3. The average Bonchev–Trinajstić information content (AvgIpc) is 2.66. The maximum absolute atomic E-state index is 10.9. The fraction of sp³-hybridized carbons (Fsp3) is 0.500. The van der Waals surface area contributed by atoms with Gasteiger partial charge in [-0.3, -0.25) is 9.48 Å². The van der Waals surface area contributed by atoms with Gasteiger partial charge in [-0.15, -0.1) is 5.10 Å². The number of aromatic carboxylic acids is 1. The van der Waals surface area contributed by atoms with E-state index in [1.807, 2.05) is 0 Å². The van der Waals surface area contributed by atoms with Crippen LogP contribution in [-0.4, -0.2) is 39.0 Å². The number of carboxylic acids is 1. The maximum atomic E-state index is 10.9. The predicted molar refractivity (Wildman–Crippen MR) is 50.3 cm³/mol. The fourth-order valence-corrected chi connectivity index (χ4v) is 1.03. The van der Waals surface area contributed by atoms with Crippen LogP contribution in [0, 0.1) is 0 Å². The minimum absolute atomic E-state index is 0.0476.